The fourth-order valence-corrected chi connectivity index (χ4v) is 4.28. The van der Waals surface area contributed by atoms with Crippen LogP contribution in [0.1, 0.15) is 23.1 Å². The molecule has 1 atom stereocenters. The highest BCUT2D eigenvalue weighted by Crippen LogP contribution is 2.25. The number of carbonyl (C=O) groups excluding carboxylic acids is 1. The van der Waals surface area contributed by atoms with Crippen molar-refractivity contribution >= 4 is 23.1 Å². The van der Waals surface area contributed by atoms with Crippen molar-refractivity contribution in [2.75, 3.05) is 45.1 Å². The number of nitrogens with one attached hydrogen (secondary N) is 2. The zero-order valence-corrected chi connectivity index (χ0v) is 20.6. The van der Waals surface area contributed by atoms with Crippen molar-refractivity contribution in [1.82, 2.24) is 39.5 Å². The quantitative estimate of drug-likeness (QED) is 0.409. The second-order valence-electron chi connectivity index (χ2n) is 9.21. The minimum absolute atomic E-state index is 0.139. The smallest absolute Gasteiger partial charge is 0.235 e. The number of amides is 1. The Morgan fingerprint density at radius 1 is 1.08 bits per heavy atom. The molecule has 1 aromatic carbocycles. The lowest BCUT2D eigenvalue weighted by Gasteiger charge is -2.32. The minimum Gasteiger partial charge on any atom is -0.341 e. The summed E-state index contributed by atoms with van der Waals surface area (Å²) < 4.78 is 17.2. The lowest BCUT2D eigenvalue weighted by molar-refractivity contribution is -0.123. The molecule has 3 aromatic heterocycles. The van der Waals surface area contributed by atoms with Crippen molar-refractivity contribution in [3.05, 3.63) is 71.6 Å². The van der Waals surface area contributed by atoms with Crippen LogP contribution in [0.15, 0.2) is 48.7 Å². The van der Waals surface area contributed by atoms with E-state index in [0.29, 0.717) is 23.0 Å². The van der Waals surface area contributed by atoms with Gasteiger partial charge in [-0.2, -0.15) is 5.10 Å². The summed E-state index contributed by atoms with van der Waals surface area (Å²) in [5.41, 5.74) is 2.46. The van der Waals surface area contributed by atoms with Gasteiger partial charge in [-0.05, 0) is 43.8 Å². The topological polar surface area (TPSA) is 95.6 Å². The number of halogens is 1. The van der Waals surface area contributed by atoms with Gasteiger partial charge in [0.1, 0.15) is 17.4 Å². The number of benzene rings is 1. The summed E-state index contributed by atoms with van der Waals surface area (Å²) in [6, 6.07) is 11.1. The van der Waals surface area contributed by atoms with Crippen LogP contribution in [-0.4, -0.2) is 79.9 Å². The number of hydrogen-bond acceptors (Lipinski definition) is 7. The van der Waals surface area contributed by atoms with Crippen LogP contribution < -0.4 is 10.6 Å². The van der Waals surface area contributed by atoms with Crippen molar-refractivity contribution in [3.63, 3.8) is 0 Å². The van der Waals surface area contributed by atoms with E-state index in [0.717, 1.165) is 37.4 Å². The van der Waals surface area contributed by atoms with Gasteiger partial charge in [-0.15, -0.1) is 5.10 Å². The van der Waals surface area contributed by atoms with Crippen molar-refractivity contribution in [2.45, 2.75) is 13.0 Å². The largest absolute Gasteiger partial charge is 0.341 e. The van der Waals surface area contributed by atoms with Crippen LogP contribution >= 0.6 is 0 Å². The van der Waals surface area contributed by atoms with E-state index in [-0.39, 0.29) is 18.3 Å². The molecule has 1 aliphatic heterocycles. The molecule has 36 heavy (non-hydrogen) atoms. The average molecular weight is 492 g/mol. The summed E-state index contributed by atoms with van der Waals surface area (Å²) in [5.74, 6) is 1.10. The van der Waals surface area contributed by atoms with Gasteiger partial charge in [-0.3, -0.25) is 14.4 Å². The second kappa shape index (κ2) is 10.0. The Kier molecular flexibility index (Phi) is 6.66. The van der Waals surface area contributed by atoms with E-state index < -0.39 is 6.04 Å². The standard InChI is InChI=1S/C25H30FN9O/c1-17-15-21(30-33(17)3)27-24-20-5-4-10-35(20)31-25(29-24)23(18-6-8-19(26)9-7-18)28-22(36)16-34-13-11-32(2)12-14-34/h4-10,15,23H,11-14,16H2,1-3H3,(H,28,36)(H,27,29,30,31). The van der Waals surface area contributed by atoms with Crippen LogP contribution in [0.4, 0.5) is 16.0 Å². The lowest BCUT2D eigenvalue weighted by Crippen LogP contribution is -2.48. The maximum Gasteiger partial charge on any atom is 0.235 e. The summed E-state index contributed by atoms with van der Waals surface area (Å²) in [6.07, 6.45) is 1.82. The highest BCUT2D eigenvalue weighted by atomic mass is 19.1. The summed E-state index contributed by atoms with van der Waals surface area (Å²) in [6.45, 7) is 5.74. The molecule has 0 aliphatic carbocycles. The van der Waals surface area contributed by atoms with Gasteiger partial charge in [-0.25, -0.2) is 13.9 Å². The molecule has 0 spiro atoms. The molecule has 188 valence electrons. The number of carbonyl (C=O) groups is 1. The third-order valence-corrected chi connectivity index (χ3v) is 6.50. The zero-order valence-electron chi connectivity index (χ0n) is 20.6. The van der Waals surface area contributed by atoms with E-state index in [1.54, 1.807) is 21.3 Å². The van der Waals surface area contributed by atoms with Gasteiger partial charge in [0, 0.05) is 51.2 Å². The van der Waals surface area contributed by atoms with E-state index in [1.165, 1.54) is 12.1 Å². The van der Waals surface area contributed by atoms with Crippen molar-refractivity contribution in [3.8, 4) is 0 Å². The van der Waals surface area contributed by atoms with Crippen LogP contribution in [-0.2, 0) is 11.8 Å². The molecule has 0 saturated carbocycles. The van der Waals surface area contributed by atoms with Crippen molar-refractivity contribution < 1.29 is 9.18 Å². The van der Waals surface area contributed by atoms with Gasteiger partial charge in [0.05, 0.1) is 6.54 Å². The first-order chi connectivity index (χ1) is 17.4. The number of fused-ring (bicyclic) bond motifs is 1. The Bertz CT molecular complexity index is 1340. The molecule has 1 fully saturated rings. The summed E-state index contributed by atoms with van der Waals surface area (Å²) in [5, 5.41) is 15.5. The van der Waals surface area contributed by atoms with Gasteiger partial charge in [0.15, 0.2) is 17.5 Å². The number of likely N-dealkylation sites (N-methyl/N-ethyl adjacent to an activating group) is 1. The molecular weight excluding hydrogens is 461 g/mol. The first-order valence-electron chi connectivity index (χ1n) is 11.9. The fourth-order valence-electron chi connectivity index (χ4n) is 4.28. The molecule has 5 rings (SSSR count). The number of aromatic nitrogens is 5. The van der Waals surface area contributed by atoms with E-state index >= 15 is 0 Å². The predicted molar refractivity (Wildman–Crippen MR) is 135 cm³/mol. The molecular formula is C25H30FN9O. The molecule has 2 N–H and O–H groups in total. The number of nitrogens with zero attached hydrogens (tertiary/aromatic N) is 7. The molecule has 0 bridgehead atoms. The Morgan fingerprint density at radius 3 is 2.53 bits per heavy atom. The molecule has 1 amide bonds. The van der Waals surface area contributed by atoms with Gasteiger partial charge in [-0.1, -0.05) is 12.1 Å². The summed E-state index contributed by atoms with van der Waals surface area (Å²) in [4.78, 5) is 22.3. The Morgan fingerprint density at radius 2 is 1.83 bits per heavy atom. The Balaban J connectivity index is 1.47. The van der Waals surface area contributed by atoms with Crippen LogP contribution in [0.2, 0.25) is 0 Å². The summed E-state index contributed by atoms with van der Waals surface area (Å²) in [7, 11) is 3.95. The number of hydrogen-bond donors (Lipinski definition) is 2. The first kappa shape index (κ1) is 23.9. The Hall–Kier alpha value is -3.83. The van der Waals surface area contributed by atoms with Gasteiger partial charge in [0.2, 0.25) is 5.91 Å². The monoisotopic (exact) mass is 491 g/mol. The van der Waals surface area contributed by atoms with E-state index in [2.05, 4.69) is 37.7 Å². The molecule has 4 heterocycles. The van der Waals surface area contributed by atoms with Crippen LogP contribution in [0, 0.1) is 12.7 Å². The number of piperazine rings is 1. The van der Waals surface area contributed by atoms with E-state index in [9.17, 15) is 9.18 Å². The normalized spacial score (nSPS) is 15.8. The molecule has 4 aromatic rings. The third-order valence-electron chi connectivity index (χ3n) is 6.50. The first-order valence-corrected chi connectivity index (χ1v) is 11.9. The van der Waals surface area contributed by atoms with Crippen molar-refractivity contribution in [1.29, 1.82) is 0 Å². The third kappa shape index (κ3) is 5.21. The van der Waals surface area contributed by atoms with Gasteiger partial charge < -0.3 is 15.5 Å². The number of aryl methyl sites for hydroxylation is 2. The Labute approximate surface area is 208 Å². The second-order valence-corrected chi connectivity index (χ2v) is 9.21. The lowest BCUT2D eigenvalue weighted by atomic mass is 10.1. The van der Waals surface area contributed by atoms with Crippen molar-refractivity contribution in [2.24, 2.45) is 7.05 Å². The average Bonchev–Trinajstić information content (AvgIpc) is 3.45. The molecule has 0 radical (unpaired) electrons. The SMILES string of the molecule is Cc1cc(Nc2nc(C(NC(=O)CN3CCN(C)CC3)c3ccc(F)cc3)nn3cccc23)nn1C. The maximum absolute atomic E-state index is 13.7. The molecule has 1 unspecified atom stereocenters. The summed E-state index contributed by atoms with van der Waals surface area (Å²) >= 11 is 0. The highest BCUT2D eigenvalue weighted by Gasteiger charge is 2.24. The van der Waals surface area contributed by atoms with E-state index in [1.807, 2.05) is 38.4 Å². The predicted octanol–water partition coefficient (Wildman–Crippen LogP) is 2.11. The van der Waals surface area contributed by atoms with Gasteiger partial charge >= 0.3 is 0 Å². The van der Waals surface area contributed by atoms with Crippen LogP contribution in [0.3, 0.4) is 0 Å². The fraction of sp³-hybridized carbons (Fsp3) is 0.360. The maximum atomic E-state index is 13.7. The van der Waals surface area contributed by atoms with E-state index in [4.69, 9.17) is 4.98 Å². The van der Waals surface area contributed by atoms with Crippen LogP contribution in [0.25, 0.3) is 5.52 Å². The molecule has 1 saturated heterocycles. The molecule has 1 aliphatic rings. The highest BCUT2D eigenvalue weighted by molar-refractivity contribution is 5.79. The van der Waals surface area contributed by atoms with Crippen LogP contribution in [0.5, 0.6) is 0 Å². The molecule has 11 heteroatoms. The molecule has 10 nitrogen and oxygen atoms in total. The number of rotatable bonds is 7. The zero-order chi connectivity index (χ0) is 25.2. The van der Waals surface area contributed by atoms with Gasteiger partial charge in [0.25, 0.3) is 0 Å². The minimum atomic E-state index is -0.664. The number of anilines is 2.